The van der Waals surface area contributed by atoms with Gasteiger partial charge in [-0.05, 0) is 42.5 Å². The number of halogens is 2. The molecule has 2 amide bonds. The maximum absolute atomic E-state index is 12.6. The van der Waals surface area contributed by atoms with Crippen molar-refractivity contribution in [1.82, 2.24) is 5.43 Å². The zero-order valence-electron chi connectivity index (χ0n) is 12.5. The first-order valence-corrected chi connectivity index (χ1v) is 7.71. The van der Waals surface area contributed by atoms with Gasteiger partial charge in [0.15, 0.2) is 0 Å². The Bertz CT molecular complexity index is 865. The topological polar surface area (TPSA) is 58.6 Å². The Morgan fingerprint density at radius 1 is 1.08 bits per heavy atom. The molecule has 0 aromatic heterocycles. The Labute approximate surface area is 148 Å². The average Bonchev–Trinajstić information content (AvgIpc) is 2.83. The van der Waals surface area contributed by atoms with Gasteiger partial charge in [0.05, 0.1) is 12.8 Å². The van der Waals surface area contributed by atoms with Gasteiger partial charge in [-0.25, -0.2) is 5.01 Å². The van der Waals surface area contributed by atoms with Crippen LogP contribution < -0.4 is 15.2 Å². The minimum absolute atomic E-state index is 0.0180. The number of rotatable bonds is 3. The summed E-state index contributed by atoms with van der Waals surface area (Å²) >= 11 is 11.9. The van der Waals surface area contributed by atoms with E-state index in [2.05, 4.69) is 5.43 Å². The molecule has 7 heteroatoms. The van der Waals surface area contributed by atoms with Crippen LogP contribution in [0.5, 0.6) is 5.75 Å². The summed E-state index contributed by atoms with van der Waals surface area (Å²) in [6.45, 7) is 0. The fraction of sp³-hybridized carbons (Fsp3) is 0.0588. The molecule has 0 bridgehead atoms. The SMILES string of the molecule is COc1ccc(Cl)cc1C=C1C(=O)NN(c2cccc(Cl)c2)C1=O. The standard InChI is InChI=1S/C17H12Cl2N2O3/c1-24-15-6-5-12(19)7-10(15)8-14-16(22)20-21(17(14)23)13-4-2-3-11(18)9-13/h2-9H,1H3,(H,20,22). The van der Waals surface area contributed by atoms with E-state index in [1.807, 2.05) is 0 Å². The molecule has 24 heavy (non-hydrogen) atoms. The van der Waals surface area contributed by atoms with Crippen molar-refractivity contribution in [2.45, 2.75) is 0 Å². The van der Waals surface area contributed by atoms with Gasteiger partial charge in [0.1, 0.15) is 11.3 Å². The molecule has 0 spiro atoms. The van der Waals surface area contributed by atoms with E-state index in [4.69, 9.17) is 27.9 Å². The molecule has 2 aromatic carbocycles. The van der Waals surface area contributed by atoms with Crippen LogP contribution in [0.25, 0.3) is 6.08 Å². The lowest BCUT2D eigenvalue weighted by Gasteiger charge is -2.14. The van der Waals surface area contributed by atoms with E-state index < -0.39 is 11.8 Å². The summed E-state index contributed by atoms with van der Waals surface area (Å²) in [4.78, 5) is 24.8. The van der Waals surface area contributed by atoms with E-state index in [0.717, 1.165) is 5.01 Å². The molecule has 5 nitrogen and oxygen atoms in total. The maximum Gasteiger partial charge on any atom is 0.282 e. The lowest BCUT2D eigenvalue weighted by Crippen LogP contribution is -2.35. The van der Waals surface area contributed by atoms with Crippen LogP contribution in [0.2, 0.25) is 10.0 Å². The van der Waals surface area contributed by atoms with Crippen LogP contribution >= 0.6 is 23.2 Å². The van der Waals surface area contributed by atoms with Crippen molar-refractivity contribution in [3.05, 3.63) is 63.6 Å². The molecular formula is C17H12Cl2N2O3. The first-order chi connectivity index (χ1) is 11.5. The third-order valence-corrected chi connectivity index (χ3v) is 3.92. The van der Waals surface area contributed by atoms with E-state index in [1.54, 1.807) is 42.5 Å². The van der Waals surface area contributed by atoms with Crippen LogP contribution in [0.4, 0.5) is 5.69 Å². The Hall–Kier alpha value is -2.50. The zero-order chi connectivity index (χ0) is 17.3. The van der Waals surface area contributed by atoms with Gasteiger partial charge in [0.2, 0.25) is 0 Å². The van der Waals surface area contributed by atoms with E-state index in [1.165, 1.54) is 13.2 Å². The average molecular weight is 363 g/mol. The van der Waals surface area contributed by atoms with Crippen molar-refractivity contribution < 1.29 is 14.3 Å². The van der Waals surface area contributed by atoms with E-state index >= 15 is 0 Å². The Morgan fingerprint density at radius 2 is 1.83 bits per heavy atom. The van der Waals surface area contributed by atoms with Crippen molar-refractivity contribution in [2.24, 2.45) is 0 Å². The molecule has 0 radical (unpaired) electrons. The predicted octanol–water partition coefficient (Wildman–Crippen LogP) is 3.46. The fourth-order valence-corrected chi connectivity index (χ4v) is 2.69. The number of carbonyl (C=O) groups excluding carboxylic acids is 2. The summed E-state index contributed by atoms with van der Waals surface area (Å²) in [6, 6.07) is 11.6. The number of carbonyl (C=O) groups is 2. The molecular weight excluding hydrogens is 351 g/mol. The van der Waals surface area contributed by atoms with Gasteiger partial charge in [-0.3, -0.25) is 15.0 Å². The number of hydrogen-bond donors (Lipinski definition) is 1. The van der Waals surface area contributed by atoms with Gasteiger partial charge in [0.25, 0.3) is 11.8 Å². The van der Waals surface area contributed by atoms with Crippen LogP contribution in [0.3, 0.4) is 0 Å². The number of nitrogens with zero attached hydrogens (tertiary/aromatic N) is 1. The van der Waals surface area contributed by atoms with Crippen molar-refractivity contribution in [1.29, 1.82) is 0 Å². The minimum atomic E-state index is -0.512. The second-order valence-electron chi connectivity index (χ2n) is 5.01. The monoisotopic (exact) mass is 362 g/mol. The molecule has 1 N–H and O–H groups in total. The number of ether oxygens (including phenoxy) is 1. The van der Waals surface area contributed by atoms with Gasteiger partial charge in [-0.2, -0.15) is 0 Å². The highest BCUT2D eigenvalue weighted by Crippen LogP contribution is 2.28. The number of hydrogen-bond acceptors (Lipinski definition) is 3. The van der Waals surface area contributed by atoms with Gasteiger partial charge < -0.3 is 4.74 Å². The number of benzene rings is 2. The number of amides is 2. The molecule has 3 rings (SSSR count). The molecule has 2 aromatic rings. The second-order valence-corrected chi connectivity index (χ2v) is 5.88. The summed E-state index contributed by atoms with van der Waals surface area (Å²) in [5.41, 5.74) is 3.51. The van der Waals surface area contributed by atoms with Gasteiger partial charge in [-0.15, -0.1) is 0 Å². The van der Waals surface area contributed by atoms with Gasteiger partial charge in [-0.1, -0.05) is 29.3 Å². The largest absolute Gasteiger partial charge is 0.496 e. The van der Waals surface area contributed by atoms with Crippen molar-refractivity contribution >= 4 is 46.8 Å². The van der Waals surface area contributed by atoms with E-state index in [0.29, 0.717) is 27.0 Å². The quantitative estimate of drug-likeness (QED) is 0.671. The summed E-state index contributed by atoms with van der Waals surface area (Å²) in [7, 11) is 1.50. The zero-order valence-corrected chi connectivity index (χ0v) is 14.1. The summed E-state index contributed by atoms with van der Waals surface area (Å²) in [5.74, 6) is -0.486. The highest BCUT2D eigenvalue weighted by molar-refractivity contribution is 6.33. The first kappa shape index (κ1) is 16.4. The molecule has 0 unspecified atom stereocenters. The van der Waals surface area contributed by atoms with Crippen LogP contribution in [-0.2, 0) is 9.59 Å². The van der Waals surface area contributed by atoms with Crippen LogP contribution in [0, 0.1) is 0 Å². The molecule has 1 fully saturated rings. The summed E-state index contributed by atoms with van der Waals surface area (Å²) in [6.07, 6.45) is 1.45. The van der Waals surface area contributed by atoms with Crippen LogP contribution in [0.1, 0.15) is 5.56 Å². The molecule has 122 valence electrons. The summed E-state index contributed by atoms with van der Waals surface area (Å²) < 4.78 is 5.23. The van der Waals surface area contributed by atoms with Gasteiger partial charge in [0, 0.05) is 15.6 Å². The number of methoxy groups -OCH3 is 1. The fourth-order valence-electron chi connectivity index (χ4n) is 2.33. The minimum Gasteiger partial charge on any atom is -0.496 e. The second kappa shape index (κ2) is 6.55. The Balaban J connectivity index is 1.99. The van der Waals surface area contributed by atoms with Crippen molar-refractivity contribution in [3.8, 4) is 5.75 Å². The van der Waals surface area contributed by atoms with Crippen molar-refractivity contribution in [2.75, 3.05) is 12.1 Å². The van der Waals surface area contributed by atoms with Crippen LogP contribution in [-0.4, -0.2) is 18.9 Å². The molecule has 1 aliphatic rings. The Kier molecular flexibility index (Phi) is 4.46. The molecule has 1 saturated heterocycles. The van der Waals surface area contributed by atoms with E-state index in [-0.39, 0.29) is 5.57 Å². The lowest BCUT2D eigenvalue weighted by atomic mass is 10.1. The highest BCUT2D eigenvalue weighted by atomic mass is 35.5. The molecule has 0 atom stereocenters. The maximum atomic E-state index is 12.6. The van der Waals surface area contributed by atoms with Crippen molar-refractivity contribution in [3.63, 3.8) is 0 Å². The van der Waals surface area contributed by atoms with E-state index in [9.17, 15) is 9.59 Å². The van der Waals surface area contributed by atoms with Gasteiger partial charge >= 0.3 is 0 Å². The molecule has 0 saturated carbocycles. The third-order valence-electron chi connectivity index (χ3n) is 3.45. The van der Waals surface area contributed by atoms with Crippen LogP contribution in [0.15, 0.2) is 48.0 Å². The first-order valence-electron chi connectivity index (χ1n) is 6.96. The number of hydrazine groups is 1. The number of nitrogens with one attached hydrogen (secondary N) is 1. The third kappa shape index (κ3) is 3.09. The normalized spacial score (nSPS) is 15.8. The summed E-state index contributed by atoms with van der Waals surface area (Å²) in [5, 5.41) is 2.08. The highest BCUT2D eigenvalue weighted by Gasteiger charge is 2.34. The Morgan fingerprint density at radius 3 is 2.54 bits per heavy atom. The lowest BCUT2D eigenvalue weighted by molar-refractivity contribution is -0.117. The molecule has 1 heterocycles. The molecule has 0 aliphatic carbocycles. The number of anilines is 1. The molecule has 1 aliphatic heterocycles. The predicted molar refractivity (Wildman–Crippen MR) is 93.1 cm³/mol. The smallest absolute Gasteiger partial charge is 0.282 e.